The predicted octanol–water partition coefficient (Wildman–Crippen LogP) is 4.39. The molecule has 0 radical (unpaired) electrons. The lowest BCUT2D eigenvalue weighted by atomic mass is 10.0. The van der Waals surface area contributed by atoms with Crippen molar-refractivity contribution in [2.24, 2.45) is 5.84 Å². The molecule has 26 heavy (non-hydrogen) atoms. The zero-order valence-corrected chi connectivity index (χ0v) is 16.3. The van der Waals surface area contributed by atoms with Gasteiger partial charge in [0.15, 0.2) is 0 Å². The second-order valence-corrected chi connectivity index (χ2v) is 7.36. The molecule has 0 bridgehead atoms. The summed E-state index contributed by atoms with van der Waals surface area (Å²) in [5.41, 5.74) is 5.11. The Labute approximate surface area is 159 Å². The summed E-state index contributed by atoms with van der Waals surface area (Å²) in [7, 11) is 1.52. The summed E-state index contributed by atoms with van der Waals surface area (Å²) in [4.78, 5) is 13.0. The molecule has 6 heteroatoms. The fourth-order valence-corrected chi connectivity index (χ4v) is 3.20. The van der Waals surface area contributed by atoms with E-state index in [0.717, 1.165) is 38.0 Å². The molecule has 0 atom stereocenters. The second kappa shape index (κ2) is 7.60. The Hall–Kier alpha value is -2.18. The minimum atomic E-state index is -0.356. The Balaban J connectivity index is 1.88. The Morgan fingerprint density at radius 2 is 2.04 bits per heavy atom. The topological polar surface area (TPSA) is 67.6 Å². The molecule has 0 saturated heterocycles. The van der Waals surface area contributed by atoms with E-state index in [2.05, 4.69) is 24.0 Å². The highest BCUT2D eigenvalue weighted by Crippen LogP contribution is 2.43. The largest absolute Gasteiger partial charge is 0.489 e. The number of benzene rings is 2. The monoisotopic (exact) mass is 371 g/mol. The lowest BCUT2D eigenvalue weighted by Crippen LogP contribution is -2.37. The smallest absolute Gasteiger partial charge is 0.335 e. The summed E-state index contributed by atoms with van der Waals surface area (Å²) >= 11 is 4.46. The third kappa shape index (κ3) is 4.14. The number of carbonyl (C=O) groups is 1. The van der Waals surface area contributed by atoms with Gasteiger partial charge in [-0.15, -0.1) is 12.6 Å². The molecule has 0 spiro atoms. The van der Waals surface area contributed by atoms with Gasteiger partial charge < -0.3 is 10.1 Å². The molecule has 1 fully saturated rings. The maximum absolute atomic E-state index is 12.0. The average Bonchev–Trinajstić information content (AvgIpc) is 3.42. The fraction of sp³-hybridized carbons (Fsp3) is 0.350. The van der Waals surface area contributed by atoms with E-state index in [1.807, 2.05) is 38.1 Å². The van der Waals surface area contributed by atoms with Crippen molar-refractivity contribution in [3.8, 4) is 5.75 Å². The molecule has 2 amide bonds. The van der Waals surface area contributed by atoms with Crippen LogP contribution >= 0.6 is 12.6 Å². The van der Waals surface area contributed by atoms with E-state index in [-0.39, 0.29) is 6.03 Å². The van der Waals surface area contributed by atoms with Crippen LogP contribution in [-0.2, 0) is 6.61 Å². The van der Waals surface area contributed by atoms with Gasteiger partial charge >= 0.3 is 6.03 Å². The number of hydrazine groups is 1. The number of hydrogen-bond acceptors (Lipinski definition) is 4. The molecule has 0 aliphatic heterocycles. The number of nitrogens with zero attached hydrogens (tertiary/aromatic N) is 1. The van der Waals surface area contributed by atoms with Crippen LogP contribution in [0.25, 0.3) is 0 Å². The molecule has 0 heterocycles. The number of urea groups is 1. The molecule has 0 unspecified atom stereocenters. The van der Waals surface area contributed by atoms with E-state index in [9.17, 15) is 4.79 Å². The van der Waals surface area contributed by atoms with Crippen LogP contribution in [0.5, 0.6) is 5.75 Å². The molecule has 1 aliphatic carbocycles. The van der Waals surface area contributed by atoms with Crippen molar-refractivity contribution < 1.29 is 9.53 Å². The van der Waals surface area contributed by atoms with Crippen molar-refractivity contribution in [3.63, 3.8) is 0 Å². The summed E-state index contributed by atoms with van der Waals surface area (Å²) in [6.07, 6.45) is 2.35. The third-order valence-electron chi connectivity index (χ3n) is 4.66. The van der Waals surface area contributed by atoms with E-state index < -0.39 is 0 Å². The first-order valence-corrected chi connectivity index (χ1v) is 9.15. The summed E-state index contributed by atoms with van der Waals surface area (Å²) in [5, 5.41) is 3.91. The molecular formula is C20H25N3O2S. The van der Waals surface area contributed by atoms with Crippen LogP contribution < -0.4 is 15.9 Å². The molecule has 0 aromatic heterocycles. The minimum absolute atomic E-state index is 0.356. The molecule has 2 aromatic rings. The van der Waals surface area contributed by atoms with Gasteiger partial charge in [0, 0.05) is 23.2 Å². The van der Waals surface area contributed by atoms with Crippen LogP contribution in [0.3, 0.4) is 0 Å². The Morgan fingerprint density at radius 1 is 1.31 bits per heavy atom. The normalized spacial score (nSPS) is 13.4. The lowest BCUT2D eigenvalue weighted by Gasteiger charge is -2.19. The maximum Gasteiger partial charge on any atom is 0.335 e. The number of carbonyl (C=O) groups excluding carboxylic acids is 1. The summed E-state index contributed by atoms with van der Waals surface area (Å²) < 4.78 is 6.13. The third-order valence-corrected chi connectivity index (χ3v) is 5.14. The van der Waals surface area contributed by atoms with Gasteiger partial charge in [0.2, 0.25) is 0 Å². The standard InChI is InChI=1S/C20H25N3O2S/c1-12-10-19(26)13(2)9-18(12)25-11-16-15(14-7-8-14)5-4-6-17(16)22-20(24)23(3)21/h4-6,9-10,14,26H,7-8,11,21H2,1-3H3,(H,22,24). The number of nitrogens with one attached hydrogen (secondary N) is 1. The van der Waals surface area contributed by atoms with Crippen molar-refractivity contribution in [2.45, 2.75) is 44.1 Å². The number of nitrogens with two attached hydrogens (primary N) is 1. The molecular weight excluding hydrogens is 346 g/mol. The van der Waals surface area contributed by atoms with Crippen molar-refractivity contribution in [2.75, 3.05) is 12.4 Å². The van der Waals surface area contributed by atoms with Gasteiger partial charge in [-0.25, -0.2) is 10.6 Å². The summed E-state index contributed by atoms with van der Waals surface area (Å²) in [6, 6.07) is 9.63. The van der Waals surface area contributed by atoms with Crippen LogP contribution in [0.4, 0.5) is 10.5 Å². The van der Waals surface area contributed by atoms with Crippen molar-refractivity contribution in [3.05, 3.63) is 52.6 Å². The van der Waals surface area contributed by atoms with Gasteiger partial charge in [0.05, 0.1) is 0 Å². The first-order valence-electron chi connectivity index (χ1n) is 8.71. The highest BCUT2D eigenvalue weighted by Gasteiger charge is 2.27. The van der Waals surface area contributed by atoms with Crippen LogP contribution in [0.15, 0.2) is 35.2 Å². The van der Waals surface area contributed by atoms with E-state index in [1.54, 1.807) is 0 Å². The number of hydrogen-bond donors (Lipinski definition) is 3. The van der Waals surface area contributed by atoms with Gasteiger partial charge in [0.1, 0.15) is 12.4 Å². The number of rotatable bonds is 5. The first-order chi connectivity index (χ1) is 12.4. The fourth-order valence-electron chi connectivity index (χ4n) is 2.94. The van der Waals surface area contributed by atoms with E-state index in [0.29, 0.717) is 12.5 Å². The minimum Gasteiger partial charge on any atom is -0.489 e. The summed E-state index contributed by atoms with van der Waals surface area (Å²) in [6.45, 7) is 4.41. The predicted molar refractivity (Wildman–Crippen MR) is 107 cm³/mol. The summed E-state index contributed by atoms with van der Waals surface area (Å²) in [5.74, 6) is 6.92. The van der Waals surface area contributed by atoms with Crippen molar-refractivity contribution >= 4 is 24.3 Å². The first kappa shape index (κ1) is 18.6. The Morgan fingerprint density at radius 3 is 2.69 bits per heavy atom. The van der Waals surface area contributed by atoms with E-state index >= 15 is 0 Å². The SMILES string of the molecule is Cc1cc(OCc2c(NC(=O)N(C)N)cccc2C2CC2)c(C)cc1S. The second-order valence-electron chi connectivity index (χ2n) is 6.88. The van der Waals surface area contributed by atoms with Crippen LogP contribution in [-0.4, -0.2) is 18.1 Å². The van der Waals surface area contributed by atoms with Gasteiger partial charge in [-0.05, 0) is 67.5 Å². The number of ether oxygens (including phenoxy) is 1. The quantitative estimate of drug-likeness (QED) is 0.316. The number of amides is 2. The van der Waals surface area contributed by atoms with E-state index in [1.165, 1.54) is 25.5 Å². The zero-order chi connectivity index (χ0) is 18.8. The van der Waals surface area contributed by atoms with Crippen LogP contribution in [0.2, 0.25) is 0 Å². The average molecular weight is 372 g/mol. The van der Waals surface area contributed by atoms with Crippen LogP contribution in [0.1, 0.15) is 41.0 Å². The highest BCUT2D eigenvalue weighted by atomic mass is 32.1. The maximum atomic E-state index is 12.0. The van der Waals surface area contributed by atoms with Crippen LogP contribution in [0, 0.1) is 13.8 Å². The number of aryl methyl sites for hydroxylation is 2. The molecule has 3 N–H and O–H groups in total. The molecule has 3 rings (SSSR count). The zero-order valence-electron chi connectivity index (χ0n) is 15.4. The van der Waals surface area contributed by atoms with Gasteiger partial charge in [0.25, 0.3) is 0 Å². The number of anilines is 1. The van der Waals surface area contributed by atoms with E-state index in [4.69, 9.17) is 10.6 Å². The molecule has 1 aliphatic rings. The Bertz CT molecular complexity index is 832. The molecule has 5 nitrogen and oxygen atoms in total. The van der Waals surface area contributed by atoms with Crippen molar-refractivity contribution in [1.29, 1.82) is 0 Å². The molecule has 138 valence electrons. The molecule has 1 saturated carbocycles. The van der Waals surface area contributed by atoms with Gasteiger partial charge in [-0.2, -0.15) is 0 Å². The number of thiol groups is 1. The van der Waals surface area contributed by atoms with Crippen molar-refractivity contribution in [1.82, 2.24) is 5.01 Å². The highest BCUT2D eigenvalue weighted by molar-refractivity contribution is 7.80. The lowest BCUT2D eigenvalue weighted by molar-refractivity contribution is 0.223. The van der Waals surface area contributed by atoms with Gasteiger partial charge in [-0.3, -0.25) is 5.01 Å². The Kier molecular flexibility index (Phi) is 5.44. The van der Waals surface area contributed by atoms with Gasteiger partial charge in [-0.1, -0.05) is 12.1 Å². The molecule has 2 aromatic carbocycles.